The van der Waals surface area contributed by atoms with Gasteiger partial charge in [-0.1, -0.05) is 18.2 Å². The molecule has 0 radical (unpaired) electrons. The molecule has 0 unspecified atom stereocenters. The number of carbonyl (C=O) groups excluding carboxylic acids is 1. The number of hydrogen-bond donors (Lipinski definition) is 0. The van der Waals surface area contributed by atoms with Gasteiger partial charge in [0.25, 0.3) is 5.91 Å². The van der Waals surface area contributed by atoms with Gasteiger partial charge in [0.1, 0.15) is 0 Å². The maximum absolute atomic E-state index is 13.5. The number of para-hydroxylation sites is 1. The Morgan fingerprint density at radius 1 is 0.909 bits per heavy atom. The van der Waals surface area contributed by atoms with Crippen molar-refractivity contribution in [3.63, 3.8) is 0 Å². The van der Waals surface area contributed by atoms with Crippen LogP contribution in [0.5, 0.6) is 17.2 Å². The number of amides is 1. The summed E-state index contributed by atoms with van der Waals surface area (Å²) in [5.41, 5.74) is 3.68. The first kappa shape index (κ1) is 22.1. The van der Waals surface area contributed by atoms with Crippen molar-refractivity contribution in [3.8, 4) is 28.5 Å². The van der Waals surface area contributed by atoms with Crippen LogP contribution in [0.4, 0.5) is 0 Å². The van der Waals surface area contributed by atoms with Crippen LogP contribution >= 0.6 is 0 Å². The molecule has 33 heavy (non-hydrogen) atoms. The maximum atomic E-state index is 13.5. The monoisotopic (exact) mass is 443 g/mol. The van der Waals surface area contributed by atoms with Gasteiger partial charge in [0.05, 0.1) is 38.1 Å². The number of aromatic nitrogens is 2. The van der Waals surface area contributed by atoms with E-state index in [1.807, 2.05) is 54.6 Å². The van der Waals surface area contributed by atoms with Crippen LogP contribution in [0.15, 0.2) is 67.0 Å². The lowest BCUT2D eigenvalue weighted by atomic mass is 10.0. The summed E-state index contributed by atoms with van der Waals surface area (Å²) in [5, 5.41) is 0.792. The Hall–Kier alpha value is -4.13. The van der Waals surface area contributed by atoms with E-state index in [2.05, 4.69) is 4.98 Å². The number of nitrogens with zero attached hydrogens (tertiary/aromatic N) is 3. The van der Waals surface area contributed by atoms with E-state index in [-0.39, 0.29) is 5.91 Å². The van der Waals surface area contributed by atoms with Gasteiger partial charge in [-0.2, -0.15) is 0 Å². The Kier molecular flexibility index (Phi) is 6.40. The third-order valence-corrected chi connectivity index (χ3v) is 5.42. The third kappa shape index (κ3) is 4.43. The number of rotatable bonds is 7. The molecule has 1 amide bonds. The van der Waals surface area contributed by atoms with Crippen LogP contribution in [0.3, 0.4) is 0 Å². The second kappa shape index (κ2) is 9.56. The zero-order valence-electron chi connectivity index (χ0n) is 19.0. The Balaban J connectivity index is 1.82. The van der Waals surface area contributed by atoms with Gasteiger partial charge < -0.3 is 19.1 Å². The third-order valence-electron chi connectivity index (χ3n) is 5.42. The predicted octanol–water partition coefficient (Wildman–Crippen LogP) is 4.59. The molecule has 0 fully saturated rings. The fourth-order valence-electron chi connectivity index (χ4n) is 3.77. The molecule has 0 atom stereocenters. The Morgan fingerprint density at radius 3 is 2.21 bits per heavy atom. The minimum atomic E-state index is -0.0981. The molecule has 7 nitrogen and oxygen atoms in total. The summed E-state index contributed by atoms with van der Waals surface area (Å²) in [6.45, 7) is 0.470. The molecular weight excluding hydrogens is 418 g/mol. The Bertz CT molecular complexity index is 1270. The molecule has 0 bridgehead atoms. The highest BCUT2D eigenvalue weighted by Crippen LogP contribution is 2.41. The Labute approximate surface area is 192 Å². The van der Waals surface area contributed by atoms with E-state index in [1.165, 1.54) is 0 Å². The van der Waals surface area contributed by atoms with E-state index >= 15 is 0 Å². The first-order valence-corrected chi connectivity index (χ1v) is 10.4. The zero-order valence-corrected chi connectivity index (χ0v) is 19.0. The quantitative estimate of drug-likeness (QED) is 0.416. The smallest absolute Gasteiger partial charge is 0.254 e. The molecule has 2 heterocycles. The Morgan fingerprint density at radius 2 is 1.58 bits per heavy atom. The van der Waals surface area contributed by atoms with Crippen LogP contribution < -0.4 is 14.2 Å². The van der Waals surface area contributed by atoms with Gasteiger partial charge in [0.15, 0.2) is 11.5 Å². The van der Waals surface area contributed by atoms with Crippen LogP contribution in [-0.4, -0.2) is 49.2 Å². The molecule has 0 saturated carbocycles. The number of methoxy groups -OCH3 is 3. The zero-order chi connectivity index (χ0) is 23.4. The summed E-state index contributed by atoms with van der Waals surface area (Å²) in [6.07, 6.45) is 3.44. The van der Waals surface area contributed by atoms with E-state index in [0.29, 0.717) is 35.1 Å². The van der Waals surface area contributed by atoms with Gasteiger partial charge in [-0.25, -0.2) is 4.98 Å². The topological polar surface area (TPSA) is 73.8 Å². The molecule has 168 valence electrons. The highest BCUT2D eigenvalue weighted by Gasteiger charge is 2.20. The minimum absolute atomic E-state index is 0.0981. The highest BCUT2D eigenvalue weighted by atomic mass is 16.5. The van der Waals surface area contributed by atoms with Crippen molar-refractivity contribution >= 4 is 16.8 Å². The second-order valence-electron chi connectivity index (χ2n) is 7.50. The van der Waals surface area contributed by atoms with E-state index in [4.69, 9.17) is 19.2 Å². The summed E-state index contributed by atoms with van der Waals surface area (Å²) in [5.74, 6) is 1.44. The molecule has 4 rings (SSSR count). The number of benzene rings is 2. The molecule has 0 aliphatic heterocycles. The van der Waals surface area contributed by atoms with E-state index < -0.39 is 0 Å². The van der Waals surface area contributed by atoms with Crippen LogP contribution in [0.1, 0.15) is 15.9 Å². The summed E-state index contributed by atoms with van der Waals surface area (Å²) < 4.78 is 16.4. The summed E-state index contributed by atoms with van der Waals surface area (Å²) in [4.78, 5) is 24.0. The summed E-state index contributed by atoms with van der Waals surface area (Å²) >= 11 is 0. The fraction of sp³-hybridized carbons (Fsp3) is 0.192. The first-order valence-electron chi connectivity index (χ1n) is 10.4. The lowest BCUT2D eigenvalue weighted by Gasteiger charge is -2.19. The average molecular weight is 444 g/mol. The van der Waals surface area contributed by atoms with Gasteiger partial charge in [0.2, 0.25) is 5.75 Å². The van der Waals surface area contributed by atoms with Crippen molar-refractivity contribution in [3.05, 3.63) is 78.1 Å². The molecule has 0 N–H and O–H groups in total. The molecule has 2 aromatic heterocycles. The van der Waals surface area contributed by atoms with Gasteiger partial charge in [-0.05, 0) is 42.0 Å². The van der Waals surface area contributed by atoms with E-state index in [0.717, 1.165) is 22.0 Å². The SMILES string of the molecule is COc1cc(-c2cc(C(=O)N(C)Cc3ccncc3)c3ccccc3n2)cc(OC)c1OC. The van der Waals surface area contributed by atoms with E-state index in [9.17, 15) is 4.79 Å². The average Bonchev–Trinajstić information content (AvgIpc) is 2.87. The fourth-order valence-corrected chi connectivity index (χ4v) is 3.77. The standard InChI is InChI=1S/C26H25N3O4/c1-29(16-17-9-11-27-12-10-17)26(30)20-15-22(28-21-8-6-5-7-19(20)21)18-13-23(31-2)25(33-4)24(14-18)32-3/h5-15H,16H2,1-4H3. The van der Waals surface area contributed by atoms with Crippen molar-refractivity contribution in [1.82, 2.24) is 14.9 Å². The molecule has 4 aromatic rings. The van der Waals surface area contributed by atoms with Crippen molar-refractivity contribution in [1.29, 1.82) is 0 Å². The summed E-state index contributed by atoms with van der Waals surface area (Å²) in [6, 6.07) is 16.9. The number of hydrogen-bond acceptors (Lipinski definition) is 6. The van der Waals surface area contributed by atoms with Gasteiger partial charge in [0, 0.05) is 36.9 Å². The number of pyridine rings is 2. The lowest BCUT2D eigenvalue weighted by molar-refractivity contribution is 0.0787. The molecule has 0 spiro atoms. The molecular formula is C26H25N3O4. The van der Waals surface area contributed by atoms with Gasteiger partial charge in [-0.15, -0.1) is 0 Å². The maximum Gasteiger partial charge on any atom is 0.254 e. The molecule has 2 aromatic carbocycles. The van der Waals surface area contributed by atoms with Crippen molar-refractivity contribution in [2.24, 2.45) is 0 Å². The number of ether oxygens (including phenoxy) is 3. The van der Waals surface area contributed by atoms with Crippen molar-refractivity contribution in [2.75, 3.05) is 28.4 Å². The normalized spacial score (nSPS) is 10.7. The molecule has 0 aliphatic carbocycles. The predicted molar refractivity (Wildman–Crippen MR) is 127 cm³/mol. The second-order valence-corrected chi connectivity index (χ2v) is 7.50. The number of fused-ring (bicyclic) bond motifs is 1. The number of carbonyl (C=O) groups is 1. The molecule has 0 aliphatic rings. The van der Waals surface area contributed by atoms with Crippen LogP contribution in [0, 0.1) is 0 Å². The first-order chi connectivity index (χ1) is 16.0. The molecule has 7 heteroatoms. The van der Waals surface area contributed by atoms with Crippen molar-refractivity contribution < 1.29 is 19.0 Å². The van der Waals surface area contributed by atoms with Crippen LogP contribution in [0.25, 0.3) is 22.2 Å². The van der Waals surface area contributed by atoms with Crippen LogP contribution in [0.2, 0.25) is 0 Å². The lowest BCUT2D eigenvalue weighted by Crippen LogP contribution is -2.26. The summed E-state index contributed by atoms with van der Waals surface area (Å²) in [7, 11) is 6.48. The largest absolute Gasteiger partial charge is 0.493 e. The highest BCUT2D eigenvalue weighted by molar-refractivity contribution is 6.07. The van der Waals surface area contributed by atoms with Crippen molar-refractivity contribution in [2.45, 2.75) is 6.54 Å². The van der Waals surface area contributed by atoms with E-state index in [1.54, 1.807) is 45.7 Å². The molecule has 0 saturated heterocycles. The van der Waals surface area contributed by atoms with Gasteiger partial charge >= 0.3 is 0 Å². The van der Waals surface area contributed by atoms with Gasteiger partial charge in [-0.3, -0.25) is 9.78 Å². The minimum Gasteiger partial charge on any atom is -0.493 e. The van der Waals surface area contributed by atoms with Crippen LogP contribution in [-0.2, 0) is 6.54 Å².